The van der Waals surface area contributed by atoms with Gasteiger partial charge in [-0.3, -0.25) is 4.79 Å². The Kier molecular flexibility index (Phi) is 8.24. The summed E-state index contributed by atoms with van der Waals surface area (Å²) in [5, 5.41) is 3.77. The van der Waals surface area contributed by atoms with Crippen molar-refractivity contribution >= 4 is 5.91 Å². The maximum atomic E-state index is 13.6. The van der Waals surface area contributed by atoms with Gasteiger partial charge in [-0.25, -0.2) is 0 Å². The summed E-state index contributed by atoms with van der Waals surface area (Å²) in [5.74, 6) is 0.217. The van der Waals surface area contributed by atoms with Gasteiger partial charge in [0.1, 0.15) is 0 Å². The predicted molar refractivity (Wildman–Crippen MR) is 134 cm³/mol. The third-order valence-electron chi connectivity index (χ3n) is 6.06. The summed E-state index contributed by atoms with van der Waals surface area (Å²) in [4.78, 5) is 15.6. The molecule has 0 saturated heterocycles. The van der Waals surface area contributed by atoms with Crippen LogP contribution < -0.4 is 5.32 Å². The van der Waals surface area contributed by atoms with Gasteiger partial charge in [0.25, 0.3) is 5.91 Å². The van der Waals surface area contributed by atoms with E-state index in [0.717, 1.165) is 17.7 Å². The molecule has 3 rings (SSSR count). The minimum Gasteiger partial charge on any atom is -0.334 e. The van der Waals surface area contributed by atoms with Gasteiger partial charge in [0.15, 0.2) is 0 Å². The molecule has 0 bridgehead atoms. The molecule has 0 fully saturated rings. The standard InChI is InChI=1S/C29H36N2O/c1-21(2)31(22(3)4)29(32)27-19-13-12-18-26(27)23(5)28(25-16-10-7-11-17-25)30-20-24-14-8-6-9-15-24/h6-19,21-23,28,30H,20H2,1-5H3/t23-,28+/m1/s1. The highest BCUT2D eigenvalue weighted by Crippen LogP contribution is 2.34. The van der Waals surface area contributed by atoms with Gasteiger partial charge in [0.2, 0.25) is 0 Å². The third-order valence-corrected chi connectivity index (χ3v) is 6.06. The first kappa shape index (κ1) is 23.7. The maximum Gasteiger partial charge on any atom is 0.254 e. The van der Waals surface area contributed by atoms with E-state index in [0.29, 0.717) is 0 Å². The topological polar surface area (TPSA) is 32.3 Å². The molecular formula is C29H36N2O. The Morgan fingerprint density at radius 1 is 0.750 bits per heavy atom. The molecule has 0 aliphatic carbocycles. The van der Waals surface area contributed by atoms with Crippen molar-refractivity contribution in [3.05, 3.63) is 107 Å². The van der Waals surface area contributed by atoms with Crippen molar-refractivity contribution in [1.82, 2.24) is 10.2 Å². The molecule has 3 nitrogen and oxygen atoms in total. The number of hydrogen-bond acceptors (Lipinski definition) is 2. The molecule has 0 aromatic heterocycles. The highest BCUT2D eigenvalue weighted by atomic mass is 16.2. The molecule has 0 saturated carbocycles. The molecule has 1 N–H and O–H groups in total. The summed E-state index contributed by atoms with van der Waals surface area (Å²) in [6, 6.07) is 29.5. The zero-order valence-electron chi connectivity index (χ0n) is 20.0. The van der Waals surface area contributed by atoms with Gasteiger partial charge < -0.3 is 10.2 Å². The lowest BCUT2D eigenvalue weighted by molar-refractivity contribution is 0.0642. The van der Waals surface area contributed by atoms with E-state index in [1.807, 2.05) is 35.2 Å². The summed E-state index contributed by atoms with van der Waals surface area (Å²) in [7, 11) is 0. The molecule has 3 aromatic rings. The molecule has 32 heavy (non-hydrogen) atoms. The fraction of sp³-hybridized carbons (Fsp3) is 0.345. The number of carbonyl (C=O) groups excluding carboxylic acids is 1. The predicted octanol–water partition coefficient (Wildman–Crippen LogP) is 6.58. The van der Waals surface area contributed by atoms with Crippen LogP contribution in [0.4, 0.5) is 0 Å². The summed E-state index contributed by atoms with van der Waals surface area (Å²) in [6.07, 6.45) is 0. The lowest BCUT2D eigenvalue weighted by Crippen LogP contribution is -2.42. The molecule has 3 aromatic carbocycles. The van der Waals surface area contributed by atoms with Crippen LogP contribution in [0.3, 0.4) is 0 Å². The molecule has 1 amide bonds. The Morgan fingerprint density at radius 3 is 1.88 bits per heavy atom. The smallest absolute Gasteiger partial charge is 0.254 e. The summed E-state index contributed by atoms with van der Waals surface area (Å²) < 4.78 is 0. The number of nitrogens with one attached hydrogen (secondary N) is 1. The Labute approximate surface area is 193 Å². The molecule has 0 unspecified atom stereocenters. The largest absolute Gasteiger partial charge is 0.334 e. The summed E-state index contributed by atoms with van der Waals surface area (Å²) in [6.45, 7) is 11.3. The van der Waals surface area contributed by atoms with E-state index in [1.165, 1.54) is 11.1 Å². The Bertz CT molecular complexity index is 974. The van der Waals surface area contributed by atoms with E-state index < -0.39 is 0 Å². The highest BCUT2D eigenvalue weighted by molar-refractivity contribution is 5.96. The van der Waals surface area contributed by atoms with Crippen LogP contribution in [-0.4, -0.2) is 22.9 Å². The van der Waals surface area contributed by atoms with Crippen molar-refractivity contribution in [2.24, 2.45) is 0 Å². The van der Waals surface area contributed by atoms with Crippen LogP contribution in [0.25, 0.3) is 0 Å². The zero-order chi connectivity index (χ0) is 23.1. The lowest BCUT2D eigenvalue weighted by Gasteiger charge is -2.33. The Balaban J connectivity index is 1.96. The first-order chi connectivity index (χ1) is 15.4. The average molecular weight is 429 g/mol. The van der Waals surface area contributed by atoms with Crippen molar-refractivity contribution in [2.75, 3.05) is 0 Å². The maximum absolute atomic E-state index is 13.6. The zero-order valence-corrected chi connectivity index (χ0v) is 20.0. The fourth-order valence-corrected chi connectivity index (χ4v) is 4.54. The van der Waals surface area contributed by atoms with E-state index in [-0.39, 0.29) is 30.0 Å². The number of amides is 1. The van der Waals surface area contributed by atoms with Crippen LogP contribution in [0, 0.1) is 0 Å². The molecule has 0 radical (unpaired) electrons. The molecule has 0 heterocycles. The summed E-state index contributed by atoms with van der Waals surface area (Å²) >= 11 is 0. The van der Waals surface area contributed by atoms with Gasteiger partial charge in [0, 0.05) is 36.2 Å². The molecule has 2 atom stereocenters. The van der Waals surface area contributed by atoms with E-state index in [9.17, 15) is 4.79 Å². The second-order valence-corrected chi connectivity index (χ2v) is 9.03. The second kappa shape index (κ2) is 11.1. The van der Waals surface area contributed by atoms with Crippen molar-refractivity contribution in [3.8, 4) is 0 Å². The number of benzene rings is 3. The number of nitrogens with zero attached hydrogens (tertiary/aromatic N) is 1. The minimum absolute atomic E-state index is 0.0805. The second-order valence-electron chi connectivity index (χ2n) is 9.03. The molecular weight excluding hydrogens is 392 g/mol. The normalized spacial score (nSPS) is 13.2. The number of rotatable bonds is 9. The van der Waals surface area contributed by atoms with E-state index in [1.54, 1.807) is 0 Å². The van der Waals surface area contributed by atoms with Crippen LogP contribution in [0.1, 0.15) is 73.6 Å². The minimum atomic E-state index is 0.0805. The van der Waals surface area contributed by atoms with Gasteiger partial charge in [0.05, 0.1) is 0 Å². The van der Waals surface area contributed by atoms with Gasteiger partial charge in [-0.05, 0) is 50.5 Å². The molecule has 0 aliphatic rings. The SMILES string of the molecule is CC(C)N(C(=O)c1ccccc1[C@@H](C)[C@H](NCc1ccccc1)c1ccccc1)C(C)C. The fourth-order valence-electron chi connectivity index (χ4n) is 4.54. The lowest BCUT2D eigenvalue weighted by atomic mass is 9.85. The quantitative estimate of drug-likeness (QED) is 0.417. The van der Waals surface area contributed by atoms with Crippen molar-refractivity contribution in [1.29, 1.82) is 0 Å². The van der Waals surface area contributed by atoms with E-state index in [4.69, 9.17) is 0 Å². The van der Waals surface area contributed by atoms with Crippen molar-refractivity contribution in [2.45, 2.75) is 65.2 Å². The Hall–Kier alpha value is -2.91. The van der Waals surface area contributed by atoms with Crippen molar-refractivity contribution in [3.63, 3.8) is 0 Å². The van der Waals surface area contributed by atoms with E-state index >= 15 is 0 Å². The molecule has 168 valence electrons. The van der Waals surface area contributed by atoms with Crippen LogP contribution in [0.15, 0.2) is 84.9 Å². The van der Waals surface area contributed by atoms with Gasteiger partial charge in [-0.1, -0.05) is 85.8 Å². The first-order valence-corrected chi connectivity index (χ1v) is 11.6. The monoisotopic (exact) mass is 428 g/mol. The van der Waals surface area contributed by atoms with Gasteiger partial charge in [-0.15, -0.1) is 0 Å². The molecule has 3 heteroatoms. The highest BCUT2D eigenvalue weighted by Gasteiger charge is 2.28. The van der Waals surface area contributed by atoms with Crippen LogP contribution in [-0.2, 0) is 6.54 Å². The first-order valence-electron chi connectivity index (χ1n) is 11.6. The summed E-state index contributed by atoms with van der Waals surface area (Å²) in [5.41, 5.74) is 4.35. The third kappa shape index (κ3) is 5.66. The molecule has 0 spiro atoms. The van der Waals surface area contributed by atoms with Crippen LogP contribution in [0.5, 0.6) is 0 Å². The van der Waals surface area contributed by atoms with Crippen LogP contribution >= 0.6 is 0 Å². The molecule has 0 aliphatic heterocycles. The van der Waals surface area contributed by atoms with Crippen molar-refractivity contribution < 1.29 is 4.79 Å². The van der Waals surface area contributed by atoms with Gasteiger partial charge in [-0.2, -0.15) is 0 Å². The van der Waals surface area contributed by atoms with E-state index in [2.05, 4.69) is 94.5 Å². The average Bonchev–Trinajstić information content (AvgIpc) is 2.80. The number of carbonyl (C=O) groups is 1. The van der Waals surface area contributed by atoms with Crippen LogP contribution in [0.2, 0.25) is 0 Å². The van der Waals surface area contributed by atoms with Gasteiger partial charge >= 0.3 is 0 Å². The number of hydrogen-bond donors (Lipinski definition) is 1. The Morgan fingerprint density at radius 2 is 1.28 bits per heavy atom.